The highest BCUT2D eigenvalue weighted by Crippen LogP contribution is 2.32. The first-order chi connectivity index (χ1) is 15.3. The van der Waals surface area contributed by atoms with E-state index in [4.69, 9.17) is 9.47 Å². The summed E-state index contributed by atoms with van der Waals surface area (Å²) in [5.74, 6) is 0.870. The molecule has 0 saturated carbocycles. The molecule has 2 atom stereocenters. The van der Waals surface area contributed by atoms with Gasteiger partial charge < -0.3 is 19.7 Å². The van der Waals surface area contributed by atoms with Crippen molar-refractivity contribution < 1.29 is 14.3 Å². The van der Waals surface area contributed by atoms with Gasteiger partial charge in [-0.3, -0.25) is 4.90 Å². The number of rotatable bonds is 4. The number of hydrogen-bond donors (Lipinski definition) is 1. The number of amides is 1. The molecule has 0 radical (unpaired) electrons. The first kappa shape index (κ1) is 22.2. The largest absolute Gasteiger partial charge is 0.497 e. The smallest absolute Gasteiger partial charge is 0.408 e. The minimum Gasteiger partial charge on any atom is -0.497 e. The zero-order valence-corrected chi connectivity index (χ0v) is 19.4. The highest BCUT2D eigenvalue weighted by atomic mass is 16.6. The van der Waals surface area contributed by atoms with Crippen LogP contribution in [0.4, 0.5) is 10.5 Å². The number of hydrogen-bond acceptors (Lipinski definition) is 5. The number of carbonyl (C=O) groups excluding carboxylic acids is 1. The van der Waals surface area contributed by atoms with Gasteiger partial charge in [0.1, 0.15) is 11.4 Å². The zero-order valence-electron chi connectivity index (χ0n) is 19.4. The van der Waals surface area contributed by atoms with Crippen LogP contribution in [0, 0.1) is 0 Å². The van der Waals surface area contributed by atoms with Crippen molar-refractivity contribution in [1.29, 1.82) is 0 Å². The molecule has 1 saturated heterocycles. The molecule has 1 fully saturated rings. The van der Waals surface area contributed by atoms with Gasteiger partial charge in [-0.05, 0) is 56.2 Å². The van der Waals surface area contributed by atoms with Crippen molar-refractivity contribution in [3.63, 3.8) is 0 Å². The maximum Gasteiger partial charge on any atom is 0.408 e. The summed E-state index contributed by atoms with van der Waals surface area (Å²) < 4.78 is 10.8. The SMILES string of the molecule is COc1ccc(N2CCN([C@@H]3C=Cc4ccccc4[C@H]3NC(=O)OC(C)(C)C)CC2)cc1. The molecule has 6 nitrogen and oxygen atoms in total. The van der Waals surface area contributed by atoms with Crippen LogP contribution in [-0.2, 0) is 4.74 Å². The van der Waals surface area contributed by atoms with Gasteiger partial charge in [0.2, 0.25) is 0 Å². The van der Waals surface area contributed by atoms with Gasteiger partial charge in [-0.1, -0.05) is 36.4 Å². The molecule has 4 rings (SSSR count). The van der Waals surface area contributed by atoms with E-state index in [-0.39, 0.29) is 18.2 Å². The Morgan fingerprint density at radius 3 is 2.34 bits per heavy atom. The number of carbonyl (C=O) groups is 1. The third kappa shape index (κ3) is 5.07. The molecule has 0 aromatic heterocycles. The lowest BCUT2D eigenvalue weighted by Gasteiger charge is -2.43. The fourth-order valence-electron chi connectivity index (χ4n) is 4.44. The van der Waals surface area contributed by atoms with Gasteiger partial charge in [0.05, 0.1) is 19.2 Å². The third-order valence-corrected chi connectivity index (χ3v) is 5.99. The lowest BCUT2D eigenvalue weighted by molar-refractivity contribution is 0.0470. The van der Waals surface area contributed by atoms with E-state index in [1.807, 2.05) is 45.0 Å². The van der Waals surface area contributed by atoms with Crippen molar-refractivity contribution in [2.75, 3.05) is 38.2 Å². The number of alkyl carbamates (subject to hydrolysis) is 1. The number of methoxy groups -OCH3 is 1. The van der Waals surface area contributed by atoms with E-state index < -0.39 is 5.60 Å². The summed E-state index contributed by atoms with van der Waals surface area (Å²) in [7, 11) is 1.69. The molecule has 1 N–H and O–H groups in total. The Balaban J connectivity index is 1.48. The van der Waals surface area contributed by atoms with E-state index in [0.29, 0.717) is 0 Å². The number of ether oxygens (including phenoxy) is 2. The summed E-state index contributed by atoms with van der Waals surface area (Å²) in [6, 6.07) is 16.4. The minimum absolute atomic E-state index is 0.0791. The first-order valence-corrected chi connectivity index (χ1v) is 11.2. The second kappa shape index (κ2) is 9.25. The minimum atomic E-state index is -0.534. The molecule has 2 aromatic rings. The molecule has 2 aromatic carbocycles. The number of piperazine rings is 1. The average Bonchev–Trinajstić information content (AvgIpc) is 2.78. The van der Waals surface area contributed by atoms with Crippen molar-refractivity contribution in [3.05, 3.63) is 65.7 Å². The fraction of sp³-hybridized carbons (Fsp3) is 0.423. The normalized spacial score (nSPS) is 21.1. The Kier molecular flexibility index (Phi) is 6.42. The maximum atomic E-state index is 12.7. The van der Waals surface area contributed by atoms with Crippen LogP contribution in [0.1, 0.15) is 37.9 Å². The van der Waals surface area contributed by atoms with Gasteiger partial charge in [-0.25, -0.2) is 4.79 Å². The van der Waals surface area contributed by atoms with Crippen molar-refractivity contribution in [2.24, 2.45) is 0 Å². The first-order valence-electron chi connectivity index (χ1n) is 11.2. The zero-order chi connectivity index (χ0) is 22.7. The molecule has 2 aliphatic rings. The Morgan fingerprint density at radius 2 is 1.69 bits per heavy atom. The monoisotopic (exact) mass is 435 g/mol. The number of benzene rings is 2. The van der Waals surface area contributed by atoms with E-state index in [1.54, 1.807) is 7.11 Å². The molecule has 1 heterocycles. The highest BCUT2D eigenvalue weighted by molar-refractivity contribution is 5.70. The second-order valence-corrected chi connectivity index (χ2v) is 9.32. The molecular formula is C26H33N3O3. The van der Waals surface area contributed by atoms with E-state index in [0.717, 1.165) is 43.1 Å². The summed E-state index contributed by atoms with van der Waals surface area (Å²) >= 11 is 0. The molecule has 1 amide bonds. The third-order valence-electron chi connectivity index (χ3n) is 5.99. The molecular weight excluding hydrogens is 402 g/mol. The fourth-order valence-corrected chi connectivity index (χ4v) is 4.44. The Hall–Kier alpha value is -2.99. The van der Waals surface area contributed by atoms with Crippen LogP contribution in [0.3, 0.4) is 0 Å². The summed E-state index contributed by atoms with van der Waals surface area (Å²) in [6.07, 6.45) is 4.01. The quantitative estimate of drug-likeness (QED) is 0.768. The molecule has 1 aliphatic carbocycles. The topological polar surface area (TPSA) is 54.0 Å². The van der Waals surface area contributed by atoms with Crippen LogP contribution in [0.15, 0.2) is 54.6 Å². The van der Waals surface area contributed by atoms with Crippen LogP contribution in [0.2, 0.25) is 0 Å². The Labute approximate surface area is 190 Å². The summed E-state index contributed by atoms with van der Waals surface area (Å²) in [5.41, 5.74) is 2.94. The summed E-state index contributed by atoms with van der Waals surface area (Å²) in [5, 5.41) is 3.15. The predicted molar refractivity (Wildman–Crippen MR) is 128 cm³/mol. The van der Waals surface area contributed by atoms with Gasteiger partial charge in [0, 0.05) is 31.9 Å². The molecule has 1 aliphatic heterocycles. The number of nitrogens with one attached hydrogen (secondary N) is 1. The molecule has 0 unspecified atom stereocenters. The standard InChI is InChI=1S/C26H33N3O3/c1-26(2,3)32-25(30)27-24-22-8-6-5-7-19(22)9-14-23(24)29-17-15-28(16-18-29)20-10-12-21(31-4)13-11-20/h5-14,23-24H,15-18H2,1-4H3,(H,27,30)/t23-,24-/m1/s1. The van der Waals surface area contributed by atoms with E-state index in [2.05, 4.69) is 51.5 Å². The van der Waals surface area contributed by atoms with Gasteiger partial charge in [-0.2, -0.15) is 0 Å². The lowest BCUT2D eigenvalue weighted by atomic mass is 9.88. The predicted octanol–water partition coefficient (Wildman–Crippen LogP) is 4.48. The van der Waals surface area contributed by atoms with Crippen LogP contribution in [0.5, 0.6) is 5.75 Å². The van der Waals surface area contributed by atoms with Crippen molar-refractivity contribution in [1.82, 2.24) is 10.2 Å². The lowest BCUT2D eigenvalue weighted by Crippen LogP contribution is -2.54. The van der Waals surface area contributed by atoms with E-state index >= 15 is 0 Å². The second-order valence-electron chi connectivity index (χ2n) is 9.32. The maximum absolute atomic E-state index is 12.7. The highest BCUT2D eigenvalue weighted by Gasteiger charge is 2.34. The van der Waals surface area contributed by atoms with Crippen LogP contribution in [0.25, 0.3) is 6.08 Å². The van der Waals surface area contributed by atoms with Crippen LogP contribution >= 0.6 is 0 Å². The molecule has 32 heavy (non-hydrogen) atoms. The number of nitrogens with zero attached hydrogens (tertiary/aromatic N) is 2. The Morgan fingerprint density at radius 1 is 1.00 bits per heavy atom. The van der Waals surface area contributed by atoms with Crippen molar-refractivity contribution in [3.8, 4) is 5.75 Å². The van der Waals surface area contributed by atoms with Gasteiger partial charge >= 0.3 is 6.09 Å². The number of fused-ring (bicyclic) bond motifs is 1. The van der Waals surface area contributed by atoms with Gasteiger partial charge in [0.15, 0.2) is 0 Å². The van der Waals surface area contributed by atoms with E-state index in [1.165, 1.54) is 5.69 Å². The molecule has 0 spiro atoms. The van der Waals surface area contributed by atoms with Crippen LogP contribution < -0.4 is 15.0 Å². The van der Waals surface area contributed by atoms with Crippen molar-refractivity contribution in [2.45, 2.75) is 38.5 Å². The van der Waals surface area contributed by atoms with E-state index in [9.17, 15) is 4.79 Å². The van der Waals surface area contributed by atoms with Gasteiger partial charge in [0.25, 0.3) is 0 Å². The summed E-state index contributed by atoms with van der Waals surface area (Å²) in [4.78, 5) is 17.5. The molecule has 0 bridgehead atoms. The molecule has 170 valence electrons. The molecule has 6 heteroatoms. The Bertz CT molecular complexity index is 957. The summed E-state index contributed by atoms with van der Waals surface area (Å²) in [6.45, 7) is 9.34. The van der Waals surface area contributed by atoms with Crippen LogP contribution in [-0.4, -0.2) is 55.9 Å². The van der Waals surface area contributed by atoms with Gasteiger partial charge in [-0.15, -0.1) is 0 Å². The van der Waals surface area contributed by atoms with Crippen molar-refractivity contribution >= 4 is 17.9 Å². The average molecular weight is 436 g/mol. The number of anilines is 1.